The van der Waals surface area contributed by atoms with Crippen LogP contribution < -0.4 is 5.32 Å². The topological polar surface area (TPSA) is 29.1 Å². The lowest BCUT2D eigenvalue weighted by molar-refractivity contribution is -0.124. The van der Waals surface area contributed by atoms with Crippen LogP contribution in [0.1, 0.15) is 40.7 Å². The minimum atomic E-state index is -0.0898. The van der Waals surface area contributed by atoms with Crippen molar-refractivity contribution in [1.29, 1.82) is 0 Å². The van der Waals surface area contributed by atoms with Gasteiger partial charge in [0.2, 0.25) is 0 Å². The third kappa shape index (κ3) is 4.39. The van der Waals surface area contributed by atoms with E-state index in [0.717, 1.165) is 6.42 Å². The third-order valence-electron chi connectivity index (χ3n) is 3.43. The van der Waals surface area contributed by atoms with Crippen LogP contribution in [0.3, 0.4) is 0 Å². The summed E-state index contributed by atoms with van der Waals surface area (Å²) in [5.41, 5.74) is 1.28. The zero-order chi connectivity index (χ0) is 14.7. The fourth-order valence-electron chi connectivity index (χ4n) is 2.46. The number of fused-ring (bicyclic) bond motifs is 1. The second-order valence-corrected chi connectivity index (χ2v) is 6.80. The van der Waals surface area contributed by atoms with Gasteiger partial charge in [-0.15, -0.1) is 11.3 Å². The van der Waals surface area contributed by atoms with Crippen molar-refractivity contribution in [2.24, 2.45) is 5.92 Å². The normalized spacial score (nSPS) is 12.7. The van der Waals surface area contributed by atoms with Gasteiger partial charge in [0, 0.05) is 16.7 Å². The molecule has 0 aliphatic carbocycles. The number of ketones is 1. The van der Waals surface area contributed by atoms with E-state index in [2.05, 4.69) is 48.8 Å². The molecule has 1 atom stereocenters. The fourth-order valence-corrected chi connectivity index (χ4v) is 3.43. The predicted molar refractivity (Wildman–Crippen MR) is 94.2 cm³/mol. The summed E-state index contributed by atoms with van der Waals surface area (Å²) in [7, 11) is 0. The number of rotatable bonds is 6. The van der Waals surface area contributed by atoms with Crippen LogP contribution in [0.25, 0.3) is 10.1 Å². The highest BCUT2D eigenvalue weighted by atomic mass is 32.1. The van der Waals surface area contributed by atoms with Gasteiger partial charge in [-0.25, -0.2) is 0 Å². The van der Waals surface area contributed by atoms with Crippen molar-refractivity contribution < 1.29 is 4.79 Å². The highest BCUT2D eigenvalue weighted by Crippen LogP contribution is 2.27. The van der Waals surface area contributed by atoms with E-state index in [0.29, 0.717) is 11.8 Å². The maximum atomic E-state index is 12.4. The van der Waals surface area contributed by atoms with Crippen molar-refractivity contribution in [2.75, 3.05) is 0 Å². The Labute approximate surface area is 132 Å². The van der Waals surface area contributed by atoms with Gasteiger partial charge in [-0.1, -0.05) is 53.3 Å². The van der Waals surface area contributed by atoms with Crippen LogP contribution in [0.2, 0.25) is 0 Å². The van der Waals surface area contributed by atoms with Crippen molar-refractivity contribution in [3.05, 3.63) is 35.2 Å². The molecule has 21 heavy (non-hydrogen) atoms. The number of hydrogen-bond acceptors (Lipinski definition) is 3. The Bertz CT molecular complexity index is 586. The molecule has 1 heterocycles. The van der Waals surface area contributed by atoms with Crippen LogP contribution >= 0.6 is 11.3 Å². The molecule has 1 unspecified atom stereocenters. The number of hydrogen-bond donors (Lipinski definition) is 1. The Morgan fingerprint density at radius 3 is 2.48 bits per heavy atom. The zero-order valence-corrected chi connectivity index (χ0v) is 13.5. The monoisotopic (exact) mass is 305 g/mol. The molecule has 0 aliphatic heterocycles. The number of carbonyl (C=O) groups is 1. The molecule has 1 N–H and O–H groups in total. The van der Waals surface area contributed by atoms with Crippen molar-refractivity contribution in [2.45, 2.75) is 53.6 Å². The van der Waals surface area contributed by atoms with Crippen molar-refractivity contribution in [3.8, 4) is 0 Å². The summed E-state index contributed by atoms with van der Waals surface area (Å²) in [4.78, 5) is 12.4. The van der Waals surface area contributed by atoms with E-state index in [-0.39, 0.29) is 19.4 Å². The maximum absolute atomic E-state index is 12.4. The Kier molecular flexibility index (Phi) is 6.56. The van der Waals surface area contributed by atoms with Gasteiger partial charge in [0.1, 0.15) is 0 Å². The number of benzene rings is 1. The van der Waals surface area contributed by atoms with Crippen LogP contribution in [-0.4, -0.2) is 17.9 Å². The smallest absolute Gasteiger partial charge is 0.152 e. The molecular formula is C18H27NOS. The second kappa shape index (κ2) is 7.71. The lowest BCUT2D eigenvalue weighted by atomic mass is 9.95. The minimum Gasteiger partial charge on any atom is -0.305 e. The molecule has 0 radical (unpaired) electrons. The highest BCUT2D eigenvalue weighted by molar-refractivity contribution is 7.17. The van der Waals surface area contributed by atoms with Gasteiger partial charge in [0.15, 0.2) is 5.78 Å². The standard InChI is InChI=1S/C17H23NOS.CH4/c1-11(2)17(19)15(18-12(3)4)9-13-10-20-16-8-6-5-7-14(13)16;/h5-8,10-12,15,18H,9H2,1-4H3;1H4. The third-order valence-corrected chi connectivity index (χ3v) is 4.44. The van der Waals surface area contributed by atoms with Gasteiger partial charge in [0.05, 0.1) is 6.04 Å². The first-order chi connectivity index (χ1) is 9.49. The lowest BCUT2D eigenvalue weighted by Gasteiger charge is -2.21. The summed E-state index contributed by atoms with van der Waals surface area (Å²) in [6.07, 6.45) is 0.777. The van der Waals surface area contributed by atoms with Gasteiger partial charge in [-0.2, -0.15) is 0 Å². The summed E-state index contributed by atoms with van der Waals surface area (Å²) in [6, 6.07) is 8.63. The first-order valence-corrected chi connectivity index (χ1v) is 8.12. The van der Waals surface area contributed by atoms with E-state index in [1.807, 2.05) is 13.8 Å². The number of nitrogens with one attached hydrogen (secondary N) is 1. The van der Waals surface area contributed by atoms with Gasteiger partial charge >= 0.3 is 0 Å². The Morgan fingerprint density at radius 2 is 1.86 bits per heavy atom. The minimum absolute atomic E-state index is 0. The molecule has 0 spiro atoms. The summed E-state index contributed by atoms with van der Waals surface area (Å²) >= 11 is 1.76. The van der Waals surface area contributed by atoms with E-state index >= 15 is 0 Å². The zero-order valence-electron chi connectivity index (χ0n) is 12.6. The molecule has 2 aromatic rings. The van der Waals surface area contributed by atoms with Crippen LogP contribution in [0.5, 0.6) is 0 Å². The molecule has 0 saturated heterocycles. The van der Waals surface area contributed by atoms with Crippen LogP contribution in [0.4, 0.5) is 0 Å². The quantitative estimate of drug-likeness (QED) is 0.840. The molecule has 0 amide bonds. The van der Waals surface area contributed by atoms with Gasteiger partial charge in [-0.3, -0.25) is 4.79 Å². The molecule has 0 aliphatic rings. The van der Waals surface area contributed by atoms with Gasteiger partial charge in [0.25, 0.3) is 0 Å². The SMILES string of the molecule is C.CC(C)NC(Cc1csc2ccccc12)C(=O)C(C)C. The molecule has 2 nitrogen and oxygen atoms in total. The average Bonchev–Trinajstić information content (AvgIpc) is 2.80. The van der Waals surface area contributed by atoms with E-state index in [9.17, 15) is 4.79 Å². The predicted octanol–water partition coefficient (Wildman–Crippen LogP) is 4.67. The Balaban J connectivity index is 0.00000220. The van der Waals surface area contributed by atoms with Crippen molar-refractivity contribution in [3.63, 3.8) is 0 Å². The maximum Gasteiger partial charge on any atom is 0.152 e. The highest BCUT2D eigenvalue weighted by Gasteiger charge is 2.23. The van der Waals surface area contributed by atoms with E-state index in [1.54, 1.807) is 11.3 Å². The van der Waals surface area contributed by atoms with Gasteiger partial charge in [-0.05, 0) is 28.8 Å². The Morgan fingerprint density at radius 1 is 1.19 bits per heavy atom. The first-order valence-electron chi connectivity index (χ1n) is 7.24. The van der Waals surface area contributed by atoms with E-state index < -0.39 is 0 Å². The van der Waals surface area contributed by atoms with Crippen LogP contribution in [-0.2, 0) is 11.2 Å². The molecule has 3 heteroatoms. The molecule has 0 bridgehead atoms. The molecule has 116 valence electrons. The average molecular weight is 305 g/mol. The molecule has 1 aromatic carbocycles. The number of carbonyl (C=O) groups excluding carboxylic acids is 1. The summed E-state index contributed by atoms with van der Waals surface area (Å²) in [5.74, 6) is 0.366. The van der Waals surface area contributed by atoms with E-state index in [1.165, 1.54) is 15.6 Å². The molecule has 1 aromatic heterocycles. The first kappa shape index (κ1) is 17.9. The number of thiophene rings is 1. The van der Waals surface area contributed by atoms with Crippen LogP contribution in [0.15, 0.2) is 29.6 Å². The second-order valence-electron chi connectivity index (χ2n) is 5.89. The van der Waals surface area contributed by atoms with Crippen molar-refractivity contribution in [1.82, 2.24) is 5.32 Å². The molecule has 0 fully saturated rings. The summed E-state index contributed by atoms with van der Waals surface area (Å²) in [6.45, 7) is 8.13. The Hall–Kier alpha value is -1.19. The fraction of sp³-hybridized carbons (Fsp3) is 0.500. The molecule has 0 saturated carbocycles. The van der Waals surface area contributed by atoms with Gasteiger partial charge < -0.3 is 5.32 Å². The van der Waals surface area contributed by atoms with Crippen molar-refractivity contribution >= 4 is 27.2 Å². The molecular weight excluding hydrogens is 278 g/mol. The number of Topliss-reactive ketones (excluding diaryl/α,β-unsaturated/α-hetero) is 1. The summed E-state index contributed by atoms with van der Waals surface area (Å²) in [5, 5.41) is 6.89. The largest absolute Gasteiger partial charge is 0.305 e. The van der Waals surface area contributed by atoms with E-state index in [4.69, 9.17) is 0 Å². The summed E-state index contributed by atoms with van der Waals surface area (Å²) < 4.78 is 1.29. The molecule has 2 rings (SSSR count). The lowest BCUT2D eigenvalue weighted by Crippen LogP contribution is -2.44. The van der Waals surface area contributed by atoms with Crippen LogP contribution in [0, 0.1) is 5.92 Å².